The average molecular weight is 260 g/mol. The number of para-hydroxylation sites is 1. The van der Waals surface area contributed by atoms with E-state index in [9.17, 15) is 0 Å². The lowest BCUT2D eigenvalue weighted by Gasteiger charge is -2.18. The van der Waals surface area contributed by atoms with E-state index in [4.69, 9.17) is 4.74 Å². The van der Waals surface area contributed by atoms with E-state index in [2.05, 4.69) is 28.6 Å². The minimum absolute atomic E-state index is 0.304. The standard InChI is InChI=1S/C14H20N4O/c1-4-13(15-2)12-7-5-6-8-14(12)19-10-11-9-18(3)17-16-11/h5-9,13,15H,4,10H2,1-3H3. The number of hydrogen-bond acceptors (Lipinski definition) is 4. The predicted octanol–water partition coefficient (Wildman–Crippen LogP) is 2.06. The summed E-state index contributed by atoms with van der Waals surface area (Å²) >= 11 is 0. The number of hydrogen-bond donors (Lipinski definition) is 1. The molecule has 0 bridgehead atoms. The Balaban J connectivity index is 2.11. The normalized spacial score (nSPS) is 12.4. The lowest BCUT2D eigenvalue weighted by Crippen LogP contribution is -2.16. The second kappa shape index (κ2) is 6.33. The molecule has 0 amide bonds. The van der Waals surface area contributed by atoms with E-state index in [1.54, 1.807) is 4.68 Å². The molecule has 102 valence electrons. The van der Waals surface area contributed by atoms with Gasteiger partial charge in [0.15, 0.2) is 0 Å². The van der Waals surface area contributed by atoms with Gasteiger partial charge in [0.1, 0.15) is 18.1 Å². The van der Waals surface area contributed by atoms with Gasteiger partial charge in [-0.3, -0.25) is 4.68 Å². The van der Waals surface area contributed by atoms with Gasteiger partial charge in [-0.15, -0.1) is 5.10 Å². The van der Waals surface area contributed by atoms with Gasteiger partial charge >= 0.3 is 0 Å². The molecular formula is C14H20N4O. The first-order valence-electron chi connectivity index (χ1n) is 6.48. The Hall–Kier alpha value is -1.88. The molecule has 0 radical (unpaired) electrons. The van der Waals surface area contributed by atoms with E-state index in [0.717, 1.165) is 17.9 Å². The highest BCUT2D eigenvalue weighted by molar-refractivity contribution is 5.36. The van der Waals surface area contributed by atoms with Crippen LogP contribution >= 0.6 is 0 Å². The number of rotatable bonds is 6. The summed E-state index contributed by atoms with van der Waals surface area (Å²) in [6.45, 7) is 2.59. The Morgan fingerprint density at radius 3 is 2.79 bits per heavy atom. The lowest BCUT2D eigenvalue weighted by molar-refractivity contribution is 0.294. The highest BCUT2D eigenvalue weighted by Crippen LogP contribution is 2.27. The summed E-state index contributed by atoms with van der Waals surface area (Å²) < 4.78 is 7.54. The van der Waals surface area contributed by atoms with Crippen molar-refractivity contribution in [2.75, 3.05) is 7.05 Å². The highest BCUT2D eigenvalue weighted by Gasteiger charge is 2.12. The number of nitrogens with zero attached hydrogens (tertiary/aromatic N) is 3. The summed E-state index contributed by atoms with van der Waals surface area (Å²) in [6.07, 6.45) is 2.88. The van der Waals surface area contributed by atoms with E-state index in [1.807, 2.05) is 38.5 Å². The van der Waals surface area contributed by atoms with Crippen molar-refractivity contribution in [3.63, 3.8) is 0 Å². The van der Waals surface area contributed by atoms with Crippen LogP contribution in [0.3, 0.4) is 0 Å². The van der Waals surface area contributed by atoms with Crippen LogP contribution in [-0.4, -0.2) is 22.0 Å². The molecule has 1 aromatic carbocycles. The molecule has 2 rings (SSSR count). The quantitative estimate of drug-likeness (QED) is 0.864. The van der Waals surface area contributed by atoms with Crippen LogP contribution in [0.4, 0.5) is 0 Å². The van der Waals surface area contributed by atoms with Gasteiger partial charge in [-0.1, -0.05) is 30.3 Å². The zero-order chi connectivity index (χ0) is 13.7. The van der Waals surface area contributed by atoms with Gasteiger partial charge in [0, 0.05) is 18.7 Å². The van der Waals surface area contributed by atoms with Gasteiger partial charge < -0.3 is 10.1 Å². The molecule has 1 atom stereocenters. The summed E-state index contributed by atoms with van der Waals surface area (Å²) in [7, 11) is 3.81. The van der Waals surface area contributed by atoms with Crippen molar-refractivity contribution in [2.24, 2.45) is 7.05 Å². The number of aromatic nitrogens is 3. The fourth-order valence-electron chi connectivity index (χ4n) is 2.09. The Morgan fingerprint density at radius 1 is 1.37 bits per heavy atom. The smallest absolute Gasteiger partial charge is 0.134 e. The van der Waals surface area contributed by atoms with E-state index in [1.165, 1.54) is 5.56 Å². The third-order valence-corrected chi connectivity index (χ3v) is 3.08. The van der Waals surface area contributed by atoms with Crippen molar-refractivity contribution < 1.29 is 4.74 Å². The molecule has 0 aliphatic rings. The fraction of sp³-hybridized carbons (Fsp3) is 0.429. The fourth-order valence-corrected chi connectivity index (χ4v) is 2.09. The van der Waals surface area contributed by atoms with Crippen LogP contribution in [-0.2, 0) is 13.7 Å². The molecule has 19 heavy (non-hydrogen) atoms. The molecule has 1 unspecified atom stereocenters. The summed E-state index contributed by atoms with van der Waals surface area (Å²) in [5.41, 5.74) is 2.01. The average Bonchev–Trinajstić information content (AvgIpc) is 2.85. The lowest BCUT2D eigenvalue weighted by atomic mass is 10.0. The minimum Gasteiger partial charge on any atom is -0.487 e. The van der Waals surface area contributed by atoms with Gasteiger partial charge in [-0.25, -0.2) is 0 Å². The molecule has 0 saturated carbocycles. The molecule has 1 aromatic heterocycles. The molecule has 0 fully saturated rings. The molecule has 0 aliphatic carbocycles. The second-order valence-electron chi connectivity index (χ2n) is 4.46. The summed E-state index contributed by atoms with van der Waals surface area (Å²) in [5, 5.41) is 11.2. The van der Waals surface area contributed by atoms with Crippen LogP contribution < -0.4 is 10.1 Å². The van der Waals surface area contributed by atoms with Crippen LogP contribution in [0.2, 0.25) is 0 Å². The van der Waals surface area contributed by atoms with Crippen molar-refractivity contribution >= 4 is 0 Å². The van der Waals surface area contributed by atoms with E-state index in [-0.39, 0.29) is 0 Å². The molecule has 5 heteroatoms. The third kappa shape index (κ3) is 3.32. The van der Waals surface area contributed by atoms with Crippen LogP contribution in [0, 0.1) is 0 Å². The largest absolute Gasteiger partial charge is 0.487 e. The van der Waals surface area contributed by atoms with Crippen LogP contribution in [0.5, 0.6) is 5.75 Å². The maximum absolute atomic E-state index is 5.87. The van der Waals surface area contributed by atoms with Gasteiger partial charge in [-0.2, -0.15) is 0 Å². The number of aryl methyl sites for hydroxylation is 1. The van der Waals surface area contributed by atoms with Crippen molar-refractivity contribution in [3.8, 4) is 5.75 Å². The van der Waals surface area contributed by atoms with Gasteiger partial charge in [0.2, 0.25) is 0 Å². The van der Waals surface area contributed by atoms with Crippen molar-refractivity contribution in [1.29, 1.82) is 0 Å². The van der Waals surface area contributed by atoms with Gasteiger partial charge in [0.25, 0.3) is 0 Å². The Kier molecular flexibility index (Phi) is 4.52. The van der Waals surface area contributed by atoms with Gasteiger partial charge in [0.05, 0.1) is 6.20 Å². The first-order chi connectivity index (χ1) is 9.24. The molecule has 2 aromatic rings. The SMILES string of the molecule is CCC(NC)c1ccccc1OCc1cn(C)nn1. The summed E-state index contributed by atoms with van der Waals surface area (Å²) in [4.78, 5) is 0. The van der Waals surface area contributed by atoms with E-state index >= 15 is 0 Å². The number of ether oxygens (including phenoxy) is 1. The zero-order valence-corrected chi connectivity index (χ0v) is 11.6. The second-order valence-corrected chi connectivity index (χ2v) is 4.46. The van der Waals surface area contributed by atoms with Crippen LogP contribution in [0.1, 0.15) is 30.6 Å². The van der Waals surface area contributed by atoms with Crippen LogP contribution in [0.15, 0.2) is 30.5 Å². The Bertz CT molecular complexity index is 520. The molecule has 0 aliphatic heterocycles. The number of nitrogens with one attached hydrogen (secondary N) is 1. The molecule has 0 saturated heterocycles. The predicted molar refractivity (Wildman–Crippen MR) is 73.9 cm³/mol. The first kappa shape index (κ1) is 13.5. The molecule has 1 heterocycles. The van der Waals surface area contributed by atoms with Crippen molar-refractivity contribution in [3.05, 3.63) is 41.7 Å². The number of benzene rings is 1. The zero-order valence-electron chi connectivity index (χ0n) is 11.6. The maximum Gasteiger partial charge on any atom is 0.134 e. The van der Waals surface area contributed by atoms with Crippen LogP contribution in [0.25, 0.3) is 0 Å². The summed E-state index contributed by atoms with van der Waals surface area (Å²) in [6, 6.07) is 8.41. The third-order valence-electron chi connectivity index (χ3n) is 3.08. The Labute approximate surface area is 113 Å². The monoisotopic (exact) mass is 260 g/mol. The first-order valence-corrected chi connectivity index (χ1v) is 6.48. The van der Waals surface area contributed by atoms with E-state index in [0.29, 0.717) is 12.6 Å². The molecule has 0 spiro atoms. The van der Waals surface area contributed by atoms with Gasteiger partial charge in [-0.05, 0) is 19.5 Å². The van der Waals surface area contributed by atoms with E-state index < -0.39 is 0 Å². The molecule has 1 N–H and O–H groups in total. The minimum atomic E-state index is 0.304. The molecular weight excluding hydrogens is 240 g/mol. The Morgan fingerprint density at radius 2 is 2.16 bits per heavy atom. The topological polar surface area (TPSA) is 52.0 Å². The van der Waals surface area contributed by atoms with Crippen molar-refractivity contribution in [1.82, 2.24) is 20.3 Å². The highest BCUT2D eigenvalue weighted by atomic mass is 16.5. The molecule has 5 nitrogen and oxygen atoms in total. The maximum atomic E-state index is 5.87. The van der Waals surface area contributed by atoms with Crippen molar-refractivity contribution in [2.45, 2.75) is 26.0 Å². The summed E-state index contributed by atoms with van der Waals surface area (Å²) in [5.74, 6) is 0.898.